The Morgan fingerprint density at radius 1 is 1.23 bits per heavy atom. The van der Waals surface area contributed by atoms with E-state index in [9.17, 15) is 19.5 Å². The number of nitrogens with two attached hydrogens (primary N) is 1. The van der Waals surface area contributed by atoms with Crippen molar-refractivity contribution < 1.29 is 24.2 Å². The Bertz CT molecular complexity index is 908. The molecule has 0 bridgehead atoms. The second-order valence-corrected chi connectivity index (χ2v) is 9.69. The van der Waals surface area contributed by atoms with Gasteiger partial charge in [-0.15, -0.1) is 0 Å². The van der Waals surface area contributed by atoms with Gasteiger partial charge in [0.2, 0.25) is 11.8 Å². The van der Waals surface area contributed by atoms with Crippen LogP contribution in [-0.2, 0) is 20.8 Å². The Balaban J connectivity index is 1.87. The number of rotatable bonds is 12. The molecule has 2 amide bonds. The number of fused-ring (bicyclic) bond motifs is 1. The molecule has 0 saturated carbocycles. The number of ether oxygens (including phenoxy) is 1. The van der Waals surface area contributed by atoms with Gasteiger partial charge in [-0.25, -0.2) is 0 Å². The van der Waals surface area contributed by atoms with Gasteiger partial charge in [-0.2, -0.15) is 0 Å². The number of hydrogen-bond donors (Lipinski definition) is 2. The van der Waals surface area contributed by atoms with E-state index in [1.165, 1.54) is 6.92 Å². The summed E-state index contributed by atoms with van der Waals surface area (Å²) in [6.07, 6.45) is 3.17. The Morgan fingerprint density at radius 2 is 2.00 bits per heavy atom. The highest BCUT2D eigenvalue weighted by molar-refractivity contribution is 5.79. The fourth-order valence-electron chi connectivity index (χ4n) is 5.25. The van der Waals surface area contributed by atoms with Crippen molar-refractivity contribution >= 4 is 17.8 Å². The number of hydrogen-bond acceptors (Lipinski definition) is 6. The van der Waals surface area contributed by atoms with Crippen LogP contribution in [0.15, 0.2) is 18.2 Å². The maximum absolute atomic E-state index is 13.3. The van der Waals surface area contributed by atoms with Crippen LogP contribution in [-0.4, -0.2) is 96.6 Å². The summed E-state index contributed by atoms with van der Waals surface area (Å²) in [5.41, 5.74) is 7.82. The molecule has 3 N–H and O–H groups in total. The van der Waals surface area contributed by atoms with Crippen LogP contribution in [0.2, 0.25) is 0 Å². The van der Waals surface area contributed by atoms with E-state index in [0.29, 0.717) is 45.8 Å². The zero-order valence-electron chi connectivity index (χ0n) is 21.2. The van der Waals surface area contributed by atoms with Crippen LogP contribution in [0.25, 0.3) is 0 Å². The molecule has 1 aromatic rings. The van der Waals surface area contributed by atoms with E-state index < -0.39 is 11.9 Å². The number of benzene rings is 1. The van der Waals surface area contributed by atoms with Gasteiger partial charge in [0.25, 0.3) is 0 Å². The first kappa shape index (κ1) is 26.9. The first-order valence-electron chi connectivity index (χ1n) is 12.7. The van der Waals surface area contributed by atoms with Crippen molar-refractivity contribution in [3.8, 4) is 5.75 Å². The minimum Gasteiger partial charge on any atom is -0.493 e. The predicted molar refractivity (Wildman–Crippen MR) is 133 cm³/mol. The summed E-state index contributed by atoms with van der Waals surface area (Å²) in [5, 5.41) is 10.3. The second kappa shape index (κ2) is 12.4. The number of likely N-dealkylation sites (tertiary alicyclic amines) is 1. The van der Waals surface area contributed by atoms with Crippen LogP contribution in [0.3, 0.4) is 0 Å². The third-order valence-electron chi connectivity index (χ3n) is 7.34. The summed E-state index contributed by atoms with van der Waals surface area (Å²) in [4.78, 5) is 43.0. The zero-order chi connectivity index (χ0) is 25.5. The fraction of sp³-hybridized carbons (Fsp3) is 0.654. The van der Waals surface area contributed by atoms with Crippen molar-refractivity contribution in [3.05, 3.63) is 29.3 Å². The van der Waals surface area contributed by atoms with E-state index in [1.54, 1.807) is 16.8 Å². The third kappa shape index (κ3) is 6.52. The summed E-state index contributed by atoms with van der Waals surface area (Å²) in [5.74, 6) is -1.04. The lowest BCUT2D eigenvalue weighted by Crippen LogP contribution is -2.46. The largest absolute Gasteiger partial charge is 0.493 e. The Labute approximate surface area is 208 Å². The van der Waals surface area contributed by atoms with Crippen LogP contribution in [0.4, 0.5) is 0 Å². The monoisotopic (exact) mass is 488 g/mol. The molecule has 9 heteroatoms. The lowest BCUT2D eigenvalue weighted by molar-refractivity contribution is -0.144. The van der Waals surface area contributed by atoms with Crippen LogP contribution in [0.5, 0.6) is 5.75 Å². The highest BCUT2D eigenvalue weighted by Crippen LogP contribution is 2.41. The molecular formula is C26H40N4O5. The molecule has 1 fully saturated rings. The van der Waals surface area contributed by atoms with Gasteiger partial charge >= 0.3 is 5.97 Å². The van der Waals surface area contributed by atoms with Crippen molar-refractivity contribution in [1.82, 2.24) is 14.7 Å². The number of carboxylic acid groups (broad SMARTS) is 1. The minimum absolute atomic E-state index is 0.0269. The molecule has 194 valence electrons. The van der Waals surface area contributed by atoms with Gasteiger partial charge in [0.05, 0.1) is 19.1 Å². The molecule has 3 rings (SSSR count). The molecule has 9 nitrogen and oxygen atoms in total. The molecule has 0 aromatic heterocycles. The maximum atomic E-state index is 13.3. The molecule has 0 aliphatic carbocycles. The minimum atomic E-state index is -0.873. The number of nitrogens with zero attached hydrogens (tertiary/aromatic N) is 3. The number of amides is 2. The number of carboxylic acids is 1. The lowest BCUT2D eigenvalue weighted by Gasteiger charge is -2.30. The Hall–Kier alpha value is -2.65. The topological polar surface area (TPSA) is 116 Å². The Morgan fingerprint density at radius 3 is 2.66 bits per heavy atom. The summed E-state index contributed by atoms with van der Waals surface area (Å²) in [6, 6.07) is 5.58. The number of carbonyl (C=O) groups excluding carboxylic acids is 2. The van der Waals surface area contributed by atoms with Crippen molar-refractivity contribution in [2.24, 2.45) is 11.7 Å². The van der Waals surface area contributed by atoms with E-state index in [2.05, 4.69) is 13.0 Å². The van der Waals surface area contributed by atoms with Crippen LogP contribution in [0.1, 0.15) is 50.2 Å². The Kier molecular flexibility index (Phi) is 9.51. The first-order chi connectivity index (χ1) is 16.8. The van der Waals surface area contributed by atoms with Crippen LogP contribution < -0.4 is 10.5 Å². The van der Waals surface area contributed by atoms with Crippen molar-refractivity contribution in [1.29, 1.82) is 0 Å². The molecule has 3 atom stereocenters. The molecule has 0 spiro atoms. The van der Waals surface area contributed by atoms with E-state index in [1.807, 2.05) is 17.0 Å². The smallest absolute Gasteiger partial charge is 0.308 e. The average molecular weight is 489 g/mol. The molecule has 2 heterocycles. The van der Waals surface area contributed by atoms with Gasteiger partial charge in [-0.3, -0.25) is 19.3 Å². The molecule has 0 radical (unpaired) electrons. The third-order valence-corrected chi connectivity index (χ3v) is 7.34. The fourth-order valence-corrected chi connectivity index (χ4v) is 5.25. The SMILES string of the molecule is CCCCN(CCN)C(=O)CN1C[C@H](c2ccc3c(c2)CCO3)C(C(=O)O)[C@@H]1CCN(C)C(C)=O. The second-order valence-electron chi connectivity index (χ2n) is 9.69. The normalized spacial score (nSPS) is 21.4. The van der Waals surface area contributed by atoms with E-state index in [-0.39, 0.29) is 30.3 Å². The van der Waals surface area contributed by atoms with Gasteiger partial charge in [-0.1, -0.05) is 25.5 Å². The van der Waals surface area contributed by atoms with Crippen LogP contribution in [0, 0.1) is 5.92 Å². The summed E-state index contributed by atoms with van der Waals surface area (Å²) in [7, 11) is 1.72. The number of aliphatic carboxylic acids is 1. The van der Waals surface area contributed by atoms with Gasteiger partial charge in [0.1, 0.15) is 5.75 Å². The predicted octanol–water partition coefficient (Wildman–Crippen LogP) is 1.55. The molecule has 35 heavy (non-hydrogen) atoms. The highest BCUT2D eigenvalue weighted by Gasteiger charge is 2.47. The molecule has 1 aromatic carbocycles. The quantitative estimate of drug-likeness (QED) is 0.458. The lowest BCUT2D eigenvalue weighted by atomic mass is 9.83. The highest BCUT2D eigenvalue weighted by atomic mass is 16.5. The van der Waals surface area contributed by atoms with Crippen molar-refractivity contribution in [3.63, 3.8) is 0 Å². The summed E-state index contributed by atoms with van der Waals surface area (Å²) < 4.78 is 5.63. The standard InChI is InChI=1S/C26H40N4O5/c1-4-5-11-29(13-10-27)24(32)17-30-16-21(19-6-7-23-20(15-19)9-14-35-23)25(26(33)34)22(30)8-12-28(3)18(2)31/h6-7,15,21-22,25H,4-5,8-14,16-17,27H2,1-3H3,(H,33,34)/t21-,22+,25?/m1/s1. The first-order valence-corrected chi connectivity index (χ1v) is 12.7. The van der Waals surface area contributed by atoms with Gasteiger partial charge in [-0.05, 0) is 30.0 Å². The maximum Gasteiger partial charge on any atom is 0.308 e. The van der Waals surface area contributed by atoms with Gasteiger partial charge in [0.15, 0.2) is 0 Å². The summed E-state index contributed by atoms with van der Waals surface area (Å²) in [6.45, 7) is 6.79. The molecule has 1 unspecified atom stereocenters. The van der Waals surface area contributed by atoms with Crippen LogP contribution >= 0.6 is 0 Å². The van der Waals surface area contributed by atoms with E-state index in [4.69, 9.17) is 10.5 Å². The molecule has 2 aliphatic rings. The number of unbranched alkanes of at least 4 members (excludes halogenated alkanes) is 1. The molecule has 2 aliphatic heterocycles. The van der Waals surface area contributed by atoms with Crippen molar-refractivity contribution in [2.45, 2.75) is 51.5 Å². The zero-order valence-corrected chi connectivity index (χ0v) is 21.2. The average Bonchev–Trinajstić information content (AvgIpc) is 3.43. The van der Waals surface area contributed by atoms with Gasteiger partial charge in [0, 0.05) is 65.1 Å². The molecular weight excluding hydrogens is 448 g/mol. The van der Waals surface area contributed by atoms with Crippen molar-refractivity contribution in [2.75, 3.05) is 52.9 Å². The summed E-state index contributed by atoms with van der Waals surface area (Å²) >= 11 is 0. The van der Waals surface area contributed by atoms with E-state index in [0.717, 1.165) is 36.1 Å². The van der Waals surface area contributed by atoms with Gasteiger partial charge < -0.3 is 25.4 Å². The molecule has 1 saturated heterocycles. The van der Waals surface area contributed by atoms with E-state index >= 15 is 0 Å². The number of carbonyl (C=O) groups is 3.